The highest BCUT2D eigenvalue weighted by Gasteiger charge is 2.68. The average Bonchev–Trinajstić information content (AvgIpc) is 3.66. The number of carbonyl (C=O) groups excluding carboxylic acids is 1. The molecule has 12 nitrogen and oxygen atoms in total. The number of amides is 1. The molecule has 57 heavy (non-hydrogen) atoms. The summed E-state index contributed by atoms with van der Waals surface area (Å²) in [4.78, 5) is 27.2. The van der Waals surface area contributed by atoms with Crippen LogP contribution in [-0.4, -0.2) is 55.1 Å². The molecule has 4 heterocycles. The van der Waals surface area contributed by atoms with Crippen LogP contribution in [0.3, 0.4) is 0 Å². The van der Waals surface area contributed by atoms with Crippen molar-refractivity contribution in [1.82, 2.24) is 39.8 Å². The van der Waals surface area contributed by atoms with Gasteiger partial charge in [-0.15, -0.1) is 0 Å². The van der Waals surface area contributed by atoms with Crippen LogP contribution in [0.15, 0.2) is 60.9 Å². The third-order valence-electron chi connectivity index (χ3n) is 9.75. The van der Waals surface area contributed by atoms with Gasteiger partial charge in [0.2, 0.25) is 15.9 Å². The summed E-state index contributed by atoms with van der Waals surface area (Å²) < 4.78 is 131. The number of sulfonamides is 1. The fraction of sp³-hybridized carbons (Fsp3) is 0.278. The fourth-order valence-electron chi connectivity index (χ4n) is 7.52. The Kier molecular flexibility index (Phi) is 9.06. The molecule has 21 heteroatoms. The second-order valence-corrected chi connectivity index (χ2v) is 16.0. The largest absolute Gasteiger partial charge is 0.435 e. The van der Waals surface area contributed by atoms with Crippen molar-refractivity contribution in [3.8, 4) is 22.6 Å². The number of aromatic nitrogens is 7. The van der Waals surface area contributed by atoms with Crippen molar-refractivity contribution < 1.29 is 43.9 Å². The van der Waals surface area contributed by atoms with Crippen molar-refractivity contribution in [2.75, 3.05) is 11.0 Å². The summed E-state index contributed by atoms with van der Waals surface area (Å²) in [6.45, 7) is -1.08. The van der Waals surface area contributed by atoms with E-state index < -0.39 is 81.0 Å². The van der Waals surface area contributed by atoms with E-state index in [9.17, 15) is 35.2 Å². The molecule has 2 aromatic carbocycles. The Bertz CT molecular complexity index is 2710. The first-order valence-electron chi connectivity index (χ1n) is 17.0. The van der Waals surface area contributed by atoms with Gasteiger partial charge < -0.3 is 5.32 Å². The molecular weight excluding hydrogens is 807 g/mol. The van der Waals surface area contributed by atoms with E-state index in [2.05, 4.69) is 30.2 Å². The second-order valence-electron chi connectivity index (χ2n) is 13.8. The van der Waals surface area contributed by atoms with Crippen molar-refractivity contribution in [3.63, 3.8) is 0 Å². The van der Waals surface area contributed by atoms with Crippen LogP contribution in [0.5, 0.6) is 0 Å². The summed E-state index contributed by atoms with van der Waals surface area (Å²) in [7, 11) is -2.33. The van der Waals surface area contributed by atoms with Gasteiger partial charge >= 0.3 is 6.18 Å². The van der Waals surface area contributed by atoms with Crippen LogP contribution in [0.4, 0.5) is 36.6 Å². The number of anilines is 1. The van der Waals surface area contributed by atoms with E-state index in [1.165, 1.54) is 30.2 Å². The number of pyridine rings is 1. The van der Waals surface area contributed by atoms with E-state index in [4.69, 9.17) is 16.6 Å². The van der Waals surface area contributed by atoms with E-state index in [1.54, 1.807) is 24.3 Å². The van der Waals surface area contributed by atoms with Crippen LogP contribution >= 0.6 is 11.6 Å². The quantitative estimate of drug-likeness (QED) is 0.141. The summed E-state index contributed by atoms with van der Waals surface area (Å²) in [6.07, 6.45) is -1.80. The van der Waals surface area contributed by atoms with Crippen molar-refractivity contribution in [2.24, 2.45) is 13.0 Å². The molecule has 1 saturated carbocycles. The minimum absolute atomic E-state index is 0.00802. The molecule has 2 aliphatic rings. The molecule has 4 aromatic heterocycles. The zero-order valence-electron chi connectivity index (χ0n) is 29.4. The van der Waals surface area contributed by atoms with Crippen molar-refractivity contribution in [3.05, 3.63) is 106 Å². The van der Waals surface area contributed by atoms with Crippen molar-refractivity contribution >= 4 is 44.3 Å². The number of carbonyl (C=O) groups is 1. The maximum absolute atomic E-state index is 15.4. The monoisotopic (exact) mass is 833 g/mol. The number of hydrogen-bond donors (Lipinski definition) is 2. The van der Waals surface area contributed by atoms with Gasteiger partial charge in [0.1, 0.15) is 29.6 Å². The summed E-state index contributed by atoms with van der Waals surface area (Å²) in [6, 6.07) is 8.95. The molecule has 2 N–H and O–H groups in total. The highest BCUT2D eigenvalue weighted by molar-refractivity contribution is 7.92. The zero-order chi connectivity index (χ0) is 40.8. The smallest absolute Gasteiger partial charge is 0.346 e. The molecule has 0 spiro atoms. The predicted molar refractivity (Wildman–Crippen MR) is 191 cm³/mol. The highest BCUT2D eigenvalue weighted by Crippen LogP contribution is 2.68. The van der Waals surface area contributed by atoms with Gasteiger partial charge in [-0.05, 0) is 54.7 Å². The number of hydrogen-bond acceptors (Lipinski definition) is 8. The van der Waals surface area contributed by atoms with E-state index in [0.717, 1.165) is 18.4 Å². The van der Waals surface area contributed by atoms with Crippen LogP contribution in [0.2, 0.25) is 5.02 Å². The Morgan fingerprint density at radius 3 is 2.39 bits per heavy atom. The van der Waals surface area contributed by atoms with Gasteiger partial charge in [-0.2, -0.15) is 32.1 Å². The van der Waals surface area contributed by atoms with Crippen LogP contribution < -0.4 is 10.0 Å². The highest BCUT2D eigenvalue weighted by atomic mass is 35.5. The van der Waals surface area contributed by atoms with Crippen LogP contribution in [0.1, 0.15) is 46.6 Å². The Labute approximate surface area is 323 Å². The number of halogens is 8. The van der Waals surface area contributed by atoms with Gasteiger partial charge in [-0.25, -0.2) is 32.2 Å². The van der Waals surface area contributed by atoms with Crippen LogP contribution in [0.25, 0.3) is 33.5 Å². The molecular formula is C36H27ClF7N9O3S. The lowest BCUT2D eigenvalue weighted by Crippen LogP contribution is -2.35. The lowest BCUT2D eigenvalue weighted by Gasteiger charge is -2.23. The lowest BCUT2D eigenvalue weighted by molar-refractivity contribution is -0.142. The predicted octanol–water partition coefficient (Wildman–Crippen LogP) is 6.92. The van der Waals surface area contributed by atoms with Crippen LogP contribution in [-0.2, 0) is 46.9 Å². The van der Waals surface area contributed by atoms with Gasteiger partial charge in [-0.1, -0.05) is 23.7 Å². The van der Waals surface area contributed by atoms with E-state index in [1.807, 2.05) is 0 Å². The third-order valence-corrected chi connectivity index (χ3v) is 10.6. The molecule has 8 rings (SSSR count). The normalized spacial score (nSPS) is 17.6. The molecule has 3 atom stereocenters. The fourth-order valence-corrected chi connectivity index (χ4v) is 8.25. The van der Waals surface area contributed by atoms with Gasteiger partial charge in [0, 0.05) is 48.1 Å². The number of rotatable bonds is 10. The minimum Gasteiger partial charge on any atom is -0.346 e. The molecule has 2 aliphatic carbocycles. The lowest BCUT2D eigenvalue weighted by atomic mass is 9.93. The second kappa shape index (κ2) is 13.5. The summed E-state index contributed by atoms with van der Waals surface area (Å²) in [5.74, 6) is -9.05. The van der Waals surface area contributed by atoms with E-state index in [-0.39, 0.29) is 62.9 Å². The Morgan fingerprint density at radius 1 is 1.04 bits per heavy atom. The number of alkyl halides is 5. The van der Waals surface area contributed by atoms with Gasteiger partial charge in [0.15, 0.2) is 17.3 Å². The SMILES string of the molecule is Cn1nc(NS(C)(=O)=O)c2c(Cl)ccc(-c3ccc(-c4ncccn4)nc3C(Cc3cc(F)cc(F)c3)NC(=O)Cn3nc(C(F)(F)F)c4c3C(F)(F)[C@@H]3C[C@H]43)c21. The topological polar surface area (TPSA) is 150 Å². The average molecular weight is 834 g/mol. The standard InChI is InChI=1S/C36H27ClF7N9O3S/c1-52-30-20(4-6-23(37)28(30)34(50-52)51-57(2,55)56)19-5-7-24(33-45-8-3-9-46-33)48-29(19)25(12-16-10-17(38)13-18(39)11-16)47-26(54)15-53-32-27(31(49-53)36(42,43)44)21-14-22(21)35(32,40)41/h3-11,13,21-22,25H,12,14-15H2,1-2H3,(H,47,54)(H,50,51)/t21-,22+,25?/m0/s1. The van der Waals surface area contributed by atoms with E-state index >= 15 is 8.78 Å². The first-order valence-corrected chi connectivity index (χ1v) is 19.3. The number of benzene rings is 2. The molecule has 1 amide bonds. The first-order chi connectivity index (χ1) is 26.8. The Hall–Kier alpha value is -5.63. The molecule has 0 radical (unpaired) electrons. The Morgan fingerprint density at radius 2 is 1.72 bits per heavy atom. The summed E-state index contributed by atoms with van der Waals surface area (Å²) in [5.41, 5.74) is -2.07. The van der Waals surface area contributed by atoms with Crippen molar-refractivity contribution in [1.29, 1.82) is 0 Å². The molecule has 0 saturated heterocycles. The van der Waals surface area contributed by atoms with Gasteiger partial charge in [0.05, 0.1) is 33.9 Å². The number of nitrogens with one attached hydrogen (secondary N) is 2. The third kappa shape index (κ3) is 7.04. The molecule has 6 aromatic rings. The molecule has 0 aliphatic heterocycles. The first kappa shape index (κ1) is 38.3. The zero-order valence-corrected chi connectivity index (χ0v) is 31.0. The number of fused-ring (bicyclic) bond motifs is 4. The summed E-state index contributed by atoms with van der Waals surface area (Å²) in [5, 5.41) is 10.7. The Balaban J connectivity index is 1.29. The summed E-state index contributed by atoms with van der Waals surface area (Å²) >= 11 is 6.58. The van der Waals surface area contributed by atoms with Crippen LogP contribution in [0, 0.1) is 17.6 Å². The maximum atomic E-state index is 15.4. The number of nitrogens with zero attached hydrogens (tertiary/aromatic N) is 7. The minimum atomic E-state index is -5.07. The molecule has 0 bridgehead atoms. The molecule has 1 unspecified atom stereocenters. The van der Waals surface area contributed by atoms with E-state index in [0.29, 0.717) is 16.3 Å². The number of aryl methyl sites for hydroxylation is 1. The van der Waals surface area contributed by atoms with Crippen molar-refractivity contribution in [2.45, 2.75) is 43.4 Å². The maximum Gasteiger partial charge on any atom is 0.435 e. The molecule has 296 valence electrons. The molecule has 1 fully saturated rings. The van der Waals surface area contributed by atoms with Gasteiger partial charge in [-0.3, -0.25) is 18.9 Å². The van der Waals surface area contributed by atoms with Gasteiger partial charge in [0.25, 0.3) is 5.92 Å².